The van der Waals surface area contributed by atoms with Crippen molar-refractivity contribution >= 4 is 32.6 Å². The van der Waals surface area contributed by atoms with Crippen molar-refractivity contribution in [1.29, 1.82) is 0 Å². The van der Waals surface area contributed by atoms with E-state index in [0.717, 1.165) is 29.5 Å². The zero-order valence-electron chi connectivity index (χ0n) is 20.3. The maximum atomic E-state index is 13.8. The van der Waals surface area contributed by atoms with Gasteiger partial charge in [-0.05, 0) is 42.3 Å². The van der Waals surface area contributed by atoms with Crippen molar-refractivity contribution < 1.29 is 19.0 Å². The van der Waals surface area contributed by atoms with Crippen LogP contribution in [0, 0.1) is 0 Å². The first-order valence-electron chi connectivity index (χ1n) is 11.7. The number of hydrogen-bond donors (Lipinski definition) is 0. The van der Waals surface area contributed by atoms with E-state index >= 15 is 0 Å². The molecule has 0 saturated heterocycles. The third kappa shape index (κ3) is 5.74. The number of carbonyl (C=O) groups excluding carboxylic acids is 1. The first kappa shape index (κ1) is 24.5. The molecule has 0 saturated carbocycles. The summed E-state index contributed by atoms with van der Waals surface area (Å²) in [6.07, 6.45) is 3.24. The van der Waals surface area contributed by atoms with Crippen LogP contribution in [0.2, 0.25) is 0 Å². The minimum absolute atomic E-state index is 0.148. The molecule has 1 amide bonds. The van der Waals surface area contributed by atoms with Gasteiger partial charge in [0.2, 0.25) is 0 Å². The molecule has 0 aliphatic heterocycles. The molecule has 3 aromatic carbocycles. The quantitative estimate of drug-likeness (QED) is 0.218. The first-order chi connectivity index (χ1) is 17.1. The second-order valence-corrected chi connectivity index (χ2v) is 9.08. The highest BCUT2D eigenvalue weighted by atomic mass is 32.1. The molecule has 0 fully saturated rings. The molecule has 7 heteroatoms. The molecule has 0 atom stereocenters. The predicted molar refractivity (Wildman–Crippen MR) is 141 cm³/mol. The van der Waals surface area contributed by atoms with Gasteiger partial charge in [0, 0.05) is 5.56 Å². The van der Waals surface area contributed by atoms with Gasteiger partial charge < -0.3 is 14.2 Å². The maximum Gasteiger partial charge on any atom is 0.260 e. The standard InChI is InChI=1S/C28H30N2O4S/c1-4-5-9-17-34-22-14-10-13-21(18-22)27(31)30(19-20-11-7-6-8-12-20)28-29-25-23(32-2)15-16-24(33-3)26(25)35-28/h6-8,10-16,18H,4-5,9,17,19H2,1-3H3. The Morgan fingerprint density at radius 2 is 1.71 bits per heavy atom. The molecule has 0 unspecified atom stereocenters. The van der Waals surface area contributed by atoms with Gasteiger partial charge in [-0.1, -0.05) is 67.5 Å². The van der Waals surface area contributed by atoms with E-state index in [1.165, 1.54) is 11.3 Å². The average Bonchev–Trinajstić information content (AvgIpc) is 3.35. The van der Waals surface area contributed by atoms with E-state index in [-0.39, 0.29) is 5.91 Å². The van der Waals surface area contributed by atoms with Gasteiger partial charge in [0.25, 0.3) is 5.91 Å². The predicted octanol–water partition coefficient (Wildman–Crippen LogP) is 6.73. The van der Waals surface area contributed by atoms with Crippen LogP contribution >= 0.6 is 11.3 Å². The number of benzene rings is 3. The molecule has 0 N–H and O–H groups in total. The molecule has 0 radical (unpaired) electrons. The summed E-state index contributed by atoms with van der Waals surface area (Å²) in [5.41, 5.74) is 2.23. The van der Waals surface area contributed by atoms with E-state index in [1.807, 2.05) is 60.7 Å². The number of fused-ring (bicyclic) bond motifs is 1. The van der Waals surface area contributed by atoms with Gasteiger partial charge in [0.05, 0.1) is 27.4 Å². The van der Waals surface area contributed by atoms with E-state index in [1.54, 1.807) is 25.2 Å². The first-order valence-corrected chi connectivity index (χ1v) is 12.6. The molecule has 182 valence electrons. The Morgan fingerprint density at radius 1 is 0.943 bits per heavy atom. The van der Waals surface area contributed by atoms with E-state index in [9.17, 15) is 4.79 Å². The van der Waals surface area contributed by atoms with Gasteiger partial charge in [-0.2, -0.15) is 0 Å². The fourth-order valence-corrected chi connectivity index (χ4v) is 4.87. The number of thiazole rings is 1. The van der Waals surface area contributed by atoms with Crippen LogP contribution < -0.4 is 19.1 Å². The number of nitrogens with zero attached hydrogens (tertiary/aromatic N) is 2. The molecule has 0 aliphatic rings. The largest absolute Gasteiger partial charge is 0.495 e. The van der Waals surface area contributed by atoms with Crippen LogP contribution in [0.5, 0.6) is 17.2 Å². The van der Waals surface area contributed by atoms with Crippen molar-refractivity contribution in [3.63, 3.8) is 0 Å². The van der Waals surface area contributed by atoms with Gasteiger partial charge in [0.15, 0.2) is 5.13 Å². The summed E-state index contributed by atoms with van der Waals surface area (Å²) in [6.45, 7) is 3.18. The molecule has 6 nitrogen and oxygen atoms in total. The normalized spacial score (nSPS) is 10.8. The number of rotatable bonds is 11. The lowest BCUT2D eigenvalue weighted by atomic mass is 10.1. The van der Waals surface area contributed by atoms with Gasteiger partial charge in [0.1, 0.15) is 27.5 Å². The van der Waals surface area contributed by atoms with E-state index < -0.39 is 0 Å². The number of aromatic nitrogens is 1. The maximum absolute atomic E-state index is 13.8. The molecule has 4 aromatic rings. The Kier molecular flexibility index (Phi) is 8.21. The topological polar surface area (TPSA) is 60.9 Å². The van der Waals surface area contributed by atoms with Gasteiger partial charge in [-0.25, -0.2) is 4.98 Å². The van der Waals surface area contributed by atoms with E-state index in [0.29, 0.717) is 46.6 Å². The van der Waals surface area contributed by atoms with Crippen molar-refractivity contribution in [2.45, 2.75) is 32.7 Å². The summed E-state index contributed by atoms with van der Waals surface area (Å²) in [7, 11) is 3.23. The Hall–Kier alpha value is -3.58. The Balaban J connectivity index is 1.71. The fraction of sp³-hybridized carbons (Fsp3) is 0.286. The second kappa shape index (κ2) is 11.7. The summed E-state index contributed by atoms with van der Waals surface area (Å²) in [5.74, 6) is 1.88. The minimum atomic E-state index is -0.148. The Morgan fingerprint density at radius 3 is 2.46 bits per heavy atom. The summed E-state index contributed by atoms with van der Waals surface area (Å²) in [4.78, 5) is 20.4. The molecular formula is C28H30N2O4S. The van der Waals surface area contributed by atoms with Crippen LogP contribution in [0.25, 0.3) is 10.2 Å². The molecule has 0 aliphatic carbocycles. The van der Waals surface area contributed by atoms with Crippen LogP contribution in [0.3, 0.4) is 0 Å². The van der Waals surface area contributed by atoms with Crippen molar-refractivity contribution in [2.24, 2.45) is 0 Å². The van der Waals surface area contributed by atoms with E-state index in [4.69, 9.17) is 19.2 Å². The lowest BCUT2D eigenvalue weighted by Crippen LogP contribution is -2.30. The van der Waals surface area contributed by atoms with E-state index in [2.05, 4.69) is 6.92 Å². The van der Waals surface area contributed by atoms with Crippen LogP contribution in [-0.2, 0) is 6.54 Å². The summed E-state index contributed by atoms with van der Waals surface area (Å²) >= 11 is 1.41. The van der Waals surface area contributed by atoms with Crippen molar-refractivity contribution in [3.05, 3.63) is 77.9 Å². The van der Waals surface area contributed by atoms with Crippen molar-refractivity contribution in [1.82, 2.24) is 4.98 Å². The number of amides is 1. The number of anilines is 1. The number of ether oxygens (including phenoxy) is 3. The number of hydrogen-bond acceptors (Lipinski definition) is 6. The summed E-state index contributed by atoms with van der Waals surface area (Å²) in [5, 5.41) is 0.575. The molecule has 0 spiro atoms. The van der Waals surface area contributed by atoms with Crippen LogP contribution in [0.15, 0.2) is 66.7 Å². The number of methoxy groups -OCH3 is 2. The highest BCUT2D eigenvalue weighted by Gasteiger charge is 2.24. The highest BCUT2D eigenvalue weighted by Crippen LogP contribution is 2.40. The lowest BCUT2D eigenvalue weighted by Gasteiger charge is -2.20. The van der Waals surface area contributed by atoms with Gasteiger partial charge in [-0.3, -0.25) is 9.69 Å². The van der Waals surface area contributed by atoms with Gasteiger partial charge >= 0.3 is 0 Å². The molecular weight excluding hydrogens is 460 g/mol. The van der Waals surface area contributed by atoms with Crippen LogP contribution in [0.4, 0.5) is 5.13 Å². The Labute approximate surface area is 210 Å². The second-order valence-electron chi connectivity index (χ2n) is 8.10. The zero-order chi connectivity index (χ0) is 24.6. The van der Waals surface area contributed by atoms with Gasteiger partial charge in [-0.15, -0.1) is 0 Å². The minimum Gasteiger partial charge on any atom is -0.495 e. The molecule has 1 heterocycles. The molecule has 1 aromatic heterocycles. The van der Waals surface area contributed by atoms with Crippen LogP contribution in [0.1, 0.15) is 42.1 Å². The number of unbranched alkanes of at least 4 members (excludes halogenated alkanes) is 2. The smallest absolute Gasteiger partial charge is 0.260 e. The van der Waals surface area contributed by atoms with Crippen molar-refractivity contribution in [2.75, 3.05) is 25.7 Å². The molecule has 4 rings (SSSR count). The van der Waals surface area contributed by atoms with Crippen molar-refractivity contribution in [3.8, 4) is 17.2 Å². The summed E-state index contributed by atoms with van der Waals surface area (Å²) in [6, 6.07) is 20.9. The fourth-order valence-electron chi connectivity index (χ4n) is 3.80. The third-order valence-corrected chi connectivity index (χ3v) is 6.75. The zero-order valence-corrected chi connectivity index (χ0v) is 21.1. The number of carbonyl (C=O) groups is 1. The molecule has 0 bridgehead atoms. The highest BCUT2D eigenvalue weighted by molar-refractivity contribution is 7.22. The third-order valence-electron chi connectivity index (χ3n) is 5.66. The van der Waals surface area contributed by atoms with Crippen LogP contribution in [-0.4, -0.2) is 31.7 Å². The lowest BCUT2D eigenvalue weighted by molar-refractivity contribution is 0.0984. The monoisotopic (exact) mass is 490 g/mol. The molecule has 35 heavy (non-hydrogen) atoms. The summed E-state index contributed by atoms with van der Waals surface area (Å²) < 4.78 is 17.8. The Bertz CT molecular complexity index is 1230. The average molecular weight is 491 g/mol. The SMILES string of the molecule is CCCCCOc1cccc(C(=O)N(Cc2ccccc2)c2nc3c(OC)ccc(OC)c3s2)c1.